The van der Waals surface area contributed by atoms with Crippen LogP contribution in [0.5, 0.6) is 0 Å². The van der Waals surface area contributed by atoms with Gasteiger partial charge in [0.05, 0.1) is 0 Å². The summed E-state index contributed by atoms with van der Waals surface area (Å²) < 4.78 is 63.5. The molecule has 0 unspecified atom stereocenters. The molecule has 2 N–H and O–H groups in total. The molecular weight excluding hydrogens is 423 g/mol. The first-order chi connectivity index (χ1) is 9.89. The number of allylic oxidation sites excluding steroid dienone is 4. The Kier molecular flexibility index (Phi) is 15.1. The number of carboxylic acids is 2. The predicted molar refractivity (Wildman–Crippen MR) is 64.1 cm³/mol. The third-order valence-corrected chi connectivity index (χ3v) is 1.82. The van der Waals surface area contributed by atoms with E-state index in [9.17, 15) is 26.3 Å². The van der Waals surface area contributed by atoms with Crippen molar-refractivity contribution in [3.05, 3.63) is 24.3 Å². The Morgan fingerprint density at radius 1 is 0.652 bits per heavy atom. The molecule has 0 saturated heterocycles. The minimum absolute atomic E-state index is 0. The van der Waals surface area contributed by atoms with Crippen LogP contribution >= 0.6 is 0 Å². The summed E-state index contributed by atoms with van der Waals surface area (Å²) in [5.74, 6) is -5.51. The average molecular weight is 437 g/mol. The van der Waals surface area contributed by atoms with E-state index in [1.165, 1.54) is 25.7 Å². The maximum atomic E-state index is 10.6. The molecule has 0 aromatic heterocycles. The molecule has 0 aromatic carbocycles. The zero-order valence-corrected chi connectivity index (χ0v) is 13.2. The molecule has 11 heteroatoms. The minimum Gasteiger partial charge on any atom is -0.475 e. The number of hydrogen-bond acceptors (Lipinski definition) is 2. The molecular formula is C12H14F6O4Ru. The second-order valence-corrected chi connectivity index (χ2v) is 3.70. The van der Waals surface area contributed by atoms with Gasteiger partial charge in [0.25, 0.3) is 0 Å². The number of carbonyl (C=O) groups is 2. The summed E-state index contributed by atoms with van der Waals surface area (Å²) >= 11 is 0. The van der Waals surface area contributed by atoms with Gasteiger partial charge >= 0.3 is 24.3 Å². The van der Waals surface area contributed by atoms with E-state index in [0.29, 0.717) is 0 Å². The van der Waals surface area contributed by atoms with Crippen molar-refractivity contribution in [3.63, 3.8) is 0 Å². The summed E-state index contributed by atoms with van der Waals surface area (Å²) in [4.78, 5) is 17.8. The fraction of sp³-hybridized carbons (Fsp3) is 0.500. The first-order valence-corrected chi connectivity index (χ1v) is 5.79. The van der Waals surface area contributed by atoms with Gasteiger partial charge < -0.3 is 10.2 Å². The Hall–Kier alpha value is -1.38. The minimum atomic E-state index is -5.08. The van der Waals surface area contributed by atoms with Crippen molar-refractivity contribution in [2.45, 2.75) is 38.0 Å². The molecule has 0 radical (unpaired) electrons. The van der Waals surface area contributed by atoms with Crippen LogP contribution in [-0.2, 0) is 29.1 Å². The van der Waals surface area contributed by atoms with Crippen LogP contribution in [0.1, 0.15) is 25.7 Å². The van der Waals surface area contributed by atoms with E-state index in [1.54, 1.807) is 0 Å². The second kappa shape index (κ2) is 13.1. The molecule has 0 amide bonds. The van der Waals surface area contributed by atoms with Gasteiger partial charge in [0.1, 0.15) is 0 Å². The number of carboxylic acid groups (broad SMARTS) is 2. The third-order valence-electron chi connectivity index (χ3n) is 1.82. The Bertz CT molecular complexity index is 351. The summed E-state index contributed by atoms with van der Waals surface area (Å²) in [6, 6.07) is 0. The quantitative estimate of drug-likeness (QED) is 0.342. The first kappa shape index (κ1) is 26.5. The van der Waals surface area contributed by atoms with Crippen LogP contribution in [0, 0.1) is 0 Å². The van der Waals surface area contributed by atoms with Crippen molar-refractivity contribution in [3.8, 4) is 0 Å². The Labute approximate surface area is 140 Å². The fourth-order valence-electron chi connectivity index (χ4n) is 0.856. The van der Waals surface area contributed by atoms with Crippen LogP contribution in [0.4, 0.5) is 26.3 Å². The van der Waals surface area contributed by atoms with Crippen LogP contribution in [0.2, 0.25) is 0 Å². The standard InChI is InChI=1S/C8H12.2C2HF3O2.Ru/c1-2-4-6-8-7-5-3-1;2*3-2(4,5)1(6)7;/h1-2,7-8H,3-6H2;2*(H,6,7);/b2-1-,8-7?;;;. The van der Waals surface area contributed by atoms with Crippen molar-refractivity contribution in [2.24, 2.45) is 0 Å². The predicted octanol–water partition coefficient (Wildman–Crippen LogP) is 3.94. The smallest absolute Gasteiger partial charge is 0.475 e. The van der Waals surface area contributed by atoms with Gasteiger partial charge in [0, 0.05) is 19.5 Å². The van der Waals surface area contributed by atoms with E-state index < -0.39 is 24.3 Å². The molecule has 136 valence electrons. The van der Waals surface area contributed by atoms with Crippen LogP contribution in [0.25, 0.3) is 0 Å². The van der Waals surface area contributed by atoms with Crippen LogP contribution in [0.3, 0.4) is 0 Å². The van der Waals surface area contributed by atoms with E-state index in [2.05, 4.69) is 24.3 Å². The molecule has 1 rings (SSSR count). The van der Waals surface area contributed by atoms with Gasteiger partial charge in [-0.2, -0.15) is 26.3 Å². The third kappa shape index (κ3) is 20.6. The summed E-state index contributed by atoms with van der Waals surface area (Å²) in [7, 11) is 0. The zero-order chi connectivity index (χ0) is 17.8. The fourth-order valence-corrected chi connectivity index (χ4v) is 0.856. The van der Waals surface area contributed by atoms with Crippen LogP contribution < -0.4 is 0 Å². The van der Waals surface area contributed by atoms with Crippen molar-refractivity contribution in [1.29, 1.82) is 0 Å². The molecule has 0 aromatic rings. The monoisotopic (exact) mass is 438 g/mol. The molecule has 1 aliphatic carbocycles. The Morgan fingerprint density at radius 2 is 0.783 bits per heavy atom. The number of halogens is 6. The van der Waals surface area contributed by atoms with Gasteiger partial charge in [-0.15, -0.1) is 0 Å². The van der Waals surface area contributed by atoms with Crippen molar-refractivity contribution >= 4 is 11.9 Å². The molecule has 1 aliphatic rings. The van der Waals surface area contributed by atoms with E-state index >= 15 is 0 Å². The summed E-state index contributed by atoms with van der Waals surface area (Å²) in [6.45, 7) is 0. The molecule has 0 fully saturated rings. The molecule has 0 heterocycles. The number of hydrogen-bond donors (Lipinski definition) is 2. The molecule has 0 aliphatic heterocycles. The Balaban J connectivity index is -0.000000257. The van der Waals surface area contributed by atoms with Gasteiger partial charge in [0.2, 0.25) is 0 Å². The topological polar surface area (TPSA) is 74.6 Å². The van der Waals surface area contributed by atoms with Crippen LogP contribution in [-0.4, -0.2) is 34.5 Å². The van der Waals surface area contributed by atoms with Crippen molar-refractivity contribution in [2.75, 3.05) is 0 Å². The molecule has 23 heavy (non-hydrogen) atoms. The molecule has 0 saturated carbocycles. The van der Waals surface area contributed by atoms with Crippen molar-refractivity contribution < 1.29 is 65.6 Å². The Morgan fingerprint density at radius 3 is 0.870 bits per heavy atom. The van der Waals surface area contributed by atoms with Crippen molar-refractivity contribution in [1.82, 2.24) is 0 Å². The zero-order valence-electron chi connectivity index (χ0n) is 11.5. The number of alkyl halides is 6. The molecule has 0 atom stereocenters. The summed E-state index contributed by atoms with van der Waals surface area (Å²) in [5, 5.41) is 14.2. The first-order valence-electron chi connectivity index (χ1n) is 5.79. The van der Waals surface area contributed by atoms with Gasteiger partial charge in [0.15, 0.2) is 0 Å². The second-order valence-electron chi connectivity index (χ2n) is 3.70. The van der Waals surface area contributed by atoms with Gasteiger partial charge in [-0.3, -0.25) is 0 Å². The largest absolute Gasteiger partial charge is 0.490 e. The van der Waals surface area contributed by atoms with Gasteiger partial charge in [-0.1, -0.05) is 24.3 Å². The number of aliphatic carboxylic acids is 2. The molecule has 0 bridgehead atoms. The maximum Gasteiger partial charge on any atom is 0.490 e. The average Bonchev–Trinajstić information content (AvgIpc) is 2.26. The maximum absolute atomic E-state index is 10.6. The van der Waals surface area contributed by atoms with Gasteiger partial charge in [-0.25, -0.2) is 9.59 Å². The van der Waals surface area contributed by atoms with Crippen LogP contribution in [0.15, 0.2) is 24.3 Å². The summed E-state index contributed by atoms with van der Waals surface area (Å²) in [5.41, 5.74) is 0. The van der Waals surface area contributed by atoms with E-state index in [4.69, 9.17) is 19.8 Å². The normalized spacial score (nSPS) is 15.2. The van der Waals surface area contributed by atoms with Gasteiger partial charge in [-0.05, 0) is 25.7 Å². The van der Waals surface area contributed by atoms with E-state index in [0.717, 1.165) is 0 Å². The summed E-state index contributed by atoms with van der Waals surface area (Å²) in [6.07, 6.45) is 3.83. The molecule has 0 spiro atoms. The SMILES string of the molecule is C1=CCC/C=C\CC1.O=C(O)C(F)(F)F.O=C(O)C(F)(F)F.[Ru]. The van der Waals surface area contributed by atoms with E-state index in [-0.39, 0.29) is 19.5 Å². The number of rotatable bonds is 0. The molecule has 4 nitrogen and oxygen atoms in total. The van der Waals surface area contributed by atoms with E-state index in [1.807, 2.05) is 0 Å².